The zero-order chi connectivity index (χ0) is 18.9. The quantitative estimate of drug-likeness (QED) is 0.840. The van der Waals surface area contributed by atoms with Crippen LogP contribution in [-0.2, 0) is 18.5 Å². The Bertz CT molecular complexity index is 768. The molecule has 0 aliphatic carbocycles. The molecule has 140 valence electrons. The van der Waals surface area contributed by atoms with Gasteiger partial charge in [-0.2, -0.15) is 5.10 Å². The van der Waals surface area contributed by atoms with Crippen LogP contribution in [0, 0.1) is 5.92 Å². The normalized spacial score (nSPS) is 14.7. The van der Waals surface area contributed by atoms with E-state index in [0.717, 1.165) is 36.7 Å². The molecule has 0 radical (unpaired) electrons. The third-order valence-electron chi connectivity index (χ3n) is 4.98. The summed E-state index contributed by atoms with van der Waals surface area (Å²) in [7, 11) is 0. The molecule has 0 spiro atoms. The lowest BCUT2D eigenvalue weighted by Crippen LogP contribution is -2.20. The van der Waals surface area contributed by atoms with Gasteiger partial charge in [0, 0.05) is 24.2 Å². The number of nitrogens with one attached hydrogen (secondary N) is 2. The lowest BCUT2D eigenvalue weighted by atomic mass is 9.87. The maximum absolute atomic E-state index is 12.6. The van der Waals surface area contributed by atoms with Crippen molar-refractivity contribution in [3.63, 3.8) is 0 Å². The molecule has 2 aromatic rings. The SMILES string of the molecule is CC(C)CCN1Cc2n[nH]c(NC(=O)c3ccc(C(C)(C)C)cc3)c2C1. The molecule has 5 heteroatoms. The van der Waals surface area contributed by atoms with E-state index in [1.807, 2.05) is 24.3 Å². The van der Waals surface area contributed by atoms with E-state index < -0.39 is 0 Å². The van der Waals surface area contributed by atoms with Gasteiger partial charge < -0.3 is 5.32 Å². The molecule has 2 N–H and O–H groups in total. The van der Waals surface area contributed by atoms with Gasteiger partial charge in [-0.15, -0.1) is 0 Å². The summed E-state index contributed by atoms with van der Waals surface area (Å²) in [5.74, 6) is 1.33. The van der Waals surface area contributed by atoms with Gasteiger partial charge in [-0.25, -0.2) is 0 Å². The van der Waals surface area contributed by atoms with Crippen molar-refractivity contribution in [1.82, 2.24) is 15.1 Å². The van der Waals surface area contributed by atoms with Crippen LogP contribution in [0.1, 0.15) is 68.2 Å². The zero-order valence-corrected chi connectivity index (χ0v) is 16.5. The molecule has 0 unspecified atom stereocenters. The fourth-order valence-corrected chi connectivity index (χ4v) is 3.20. The number of hydrogen-bond acceptors (Lipinski definition) is 3. The average molecular weight is 354 g/mol. The van der Waals surface area contributed by atoms with Gasteiger partial charge in [0.2, 0.25) is 0 Å². The summed E-state index contributed by atoms with van der Waals surface area (Å²) >= 11 is 0. The van der Waals surface area contributed by atoms with Crippen molar-refractivity contribution in [2.45, 2.75) is 59.5 Å². The Morgan fingerprint density at radius 2 is 1.92 bits per heavy atom. The van der Waals surface area contributed by atoms with Gasteiger partial charge in [0.25, 0.3) is 5.91 Å². The highest BCUT2D eigenvalue weighted by molar-refractivity contribution is 6.04. The lowest BCUT2D eigenvalue weighted by Gasteiger charge is -2.19. The molecule has 0 atom stereocenters. The molecule has 0 fully saturated rings. The van der Waals surface area contributed by atoms with Crippen LogP contribution in [0.4, 0.5) is 5.82 Å². The van der Waals surface area contributed by atoms with Crippen LogP contribution in [0.2, 0.25) is 0 Å². The van der Waals surface area contributed by atoms with Crippen molar-refractivity contribution in [2.24, 2.45) is 5.92 Å². The molecule has 0 bridgehead atoms. The maximum atomic E-state index is 12.6. The van der Waals surface area contributed by atoms with Gasteiger partial charge in [0.15, 0.2) is 0 Å². The first-order valence-electron chi connectivity index (χ1n) is 9.44. The molecular weight excluding hydrogens is 324 g/mol. The van der Waals surface area contributed by atoms with Crippen LogP contribution < -0.4 is 5.32 Å². The van der Waals surface area contributed by atoms with Gasteiger partial charge in [-0.1, -0.05) is 46.8 Å². The molecule has 1 aliphatic heterocycles. The molecule has 0 saturated carbocycles. The Hall–Kier alpha value is -2.14. The Balaban J connectivity index is 1.65. The fraction of sp³-hybridized carbons (Fsp3) is 0.524. The Kier molecular flexibility index (Phi) is 5.19. The van der Waals surface area contributed by atoms with Crippen molar-refractivity contribution in [3.8, 4) is 0 Å². The molecule has 1 aromatic heterocycles. The van der Waals surface area contributed by atoms with E-state index in [4.69, 9.17) is 0 Å². The van der Waals surface area contributed by atoms with Gasteiger partial charge in [-0.3, -0.25) is 14.8 Å². The summed E-state index contributed by atoms with van der Waals surface area (Å²) < 4.78 is 0. The topological polar surface area (TPSA) is 61.0 Å². The number of nitrogens with zero attached hydrogens (tertiary/aromatic N) is 2. The largest absolute Gasteiger partial charge is 0.307 e. The van der Waals surface area contributed by atoms with Gasteiger partial charge in [0.1, 0.15) is 5.82 Å². The van der Waals surface area contributed by atoms with E-state index in [2.05, 4.69) is 55.0 Å². The fourth-order valence-electron chi connectivity index (χ4n) is 3.20. The van der Waals surface area contributed by atoms with Crippen molar-refractivity contribution in [3.05, 3.63) is 46.6 Å². The maximum Gasteiger partial charge on any atom is 0.256 e. The van der Waals surface area contributed by atoms with Crippen molar-refractivity contribution >= 4 is 11.7 Å². The predicted octanol–water partition coefficient (Wildman–Crippen LogP) is 4.32. The summed E-state index contributed by atoms with van der Waals surface area (Å²) in [4.78, 5) is 15.0. The lowest BCUT2D eigenvalue weighted by molar-refractivity contribution is 0.102. The minimum atomic E-state index is -0.0995. The number of hydrogen-bond donors (Lipinski definition) is 2. The number of carbonyl (C=O) groups excluding carboxylic acids is 1. The molecule has 0 saturated heterocycles. The minimum Gasteiger partial charge on any atom is -0.307 e. The van der Waals surface area contributed by atoms with E-state index in [1.165, 1.54) is 12.0 Å². The van der Waals surface area contributed by atoms with E-state index in [0.29, 0.717) is 11.5 Å². The molecular formula is C21H30N4O. The molecule has 1 aromatic carbocycles. The van der Waals surface area contributed by atoms with Gasteiger partial charge >= 0.3 is 0 Å². The number of benzene rings is 1. The Labute approximate surface area is 156 Å². The minimum absolute atomic E-state index is 0.0820. The van der Waals surface area contributed by atoms with Gasteiger partial charge in [0.05, 0.1) is 5.69 Å². The molecule has 26 heavy (non-hydrogen) atoms. The molecule has 1 aliphatic rings. The van der Waals surface area contributed by atoms with Crippen molar-refractivity contribution in [2.75, 3.05) is 11.9 Å². The molecule has 5 nitrogen and oxygen atoms in total. The van der Waals surface area contributed by atoms with Crippen LogP contribution in [0.25, 0.3) is 0 Å². The summed E-state index contributed by atoms with van der Waals surface area (Å²) in [6.45, 7) is 13.8. The third-order valence-corrected chi connectivity index (χ3v) is 4.98. The number of aromatic amines is 1. The summed E-state index contributed by atoms with van der Waals surface area (Å²) in [6, 6.07) is 7.84. The van der Waals surface area contributed by atoms with Crippen LogP contribution in [0.15, 0.2) is 24.3 Å². The second-order valence-electron chi connectivity index (χ2n) is 8.70. The van der Waals surface area contributed by atoms with Crippen molar-refractivity contribution in [1.29, 1.82) is 0 Å². The monoisotopic (exact) mass is 354 g/mol. The Morgan fingerprint density at radius 3 is 2.54 bits per heavy atom. The van der Waals surface area contributed by atoms with Crippen LogP contribution in [0.5, 0.6) is 0 Å². The highest BCUT2D eigenvalue weighted by Crippen LogP contribution is 2.28. The first-order valence-corrected chi connectivity index (χ1v) is 9.44. The van der Waals surface area contributed by atoms with Crippen LogP contribution >= 0.6 is 0 Å². The number of aromatic nitrogens is 2. The predicted molar refractivity (Wildman–Crippen MR) is 105 cm³/mol. The highest BCUT2D eigenvalue weighted by atomic mass is 16.1. The summed E-state index contributed by atoms with van der Waals surface area (Å²) in [5, 5.41) is 10.4. The van der Waals surface area contributed by atoms with E-state index in [1.54, 1.807) is 0 Å². The summed E-state index contributed by atoms with van der Waals surface area (Å²) in [6.07, 6.45) is 1.18. The number of amides is 1. The number of carbonyl (C=O) groups is 1. The number of rotatable bonds is 5. The first-order chi connectivity index (χ1) is 12.2. The molecule has 1 amide bonds. The number of fused-ring (bicyclic) bond motifs is 1. The molecule has 3 rings (SSSR count). The van der Waals surface area contributed by atoms with E-state index in [-0.39, 0.29) is 11.3 Å². The standard InChI is InChI=1S/C21H30N4O/c1-14(2)10-11-25-12-17-18(13-25)23-24-19(17)22-20(26)15-6-8-16(9-7-15)21(3,4)5/h6-9,14H,10-13H2,1-5H3,(H2,22,23,24,26). The number of H-pyrrole nitrogens is 1. The second kappa shape index (κ2) is 7.23. The zero-order valence-electron chi connectivity index (χ0n) is 16.5. The van der Waals surface area contributed by atoms with Crippen LogP contribution in [0.3, 0.4) is 0 Å². The number of anilines is 1. The second-order valence-corrected chi connectivity index (χ2v) is 8.70. The first kappa shape index (κ1) is 18.6. The van der Waals surface area contributed by atoms with Crippen molar-refractivity contribution < 1.29 is 4.79 Å². The van der Waals surface area contributed by atoms with Crippen LogP contribution in [-0.4, -0.2) is 27.5 Å². The Morgan fingerprint density at radius 1 is 1.23 bits per heavy atom. The van der Waals surface area contributed by atoms with E-state index in [9.17, 15) is 4.79 Å². The van der Waals surface area contributed by atoms with Gasteiger partial charge in [-0.05, 0) is 42.0 Å². The smallest absolute Gasteiger partial charge is 0.256 e. The van der Waals surface area contributed by atoms with E-state index >= 15 is 0 Å². The average Bonchev–Trinajstić information content (AvgIpc) is 3.14. The summed E-state index contributed by atoms with van der Waals surface area (Å²) in [5.41, 5.74) is 4.13. The highest BCUT2D eigenvalue weighted by Gasteiger charge is 2.26. The third kappa shape index (κ3) is 4.15. The molecule has 2 heterocycles.